The van der Waals surface area contributed by atoms with Crippen LogP contribution in [0, 0.1) is 0 Å². The van der Waals surface area contributed by atoms with Crippen LogP contribution in [0.1, 0.15) is 18.1 Å². The lowest BCUT2D eigenvalue weighted by atomic mass is 10.3. The molecule has 0 saturated heterocycles. The van der Waals surface area contributed by atoms with Crippen molar-refractivity contribution in [1.82, 2.24) is 14.8 Å². The number of ether oxygens (including phenoxy) is 1. The van der Waals surface area contributed by atoms with Crippen molar-refractivity contribution in [2.45, 2.75) is 18.2 Å². The number of hydrogen-bond acceptors (Lipinski definition) is 3. The lowest BCUT2D eigenvalue weighted by molar-refractivity contribution is 0.194. The summed E-state index contributed by atoms with van der Waals surface area (Å²) in [4.78, 5) is 0. The Morgan fingerprint density at radius 1 is 1.38 bits per heavy atom. The molecule has 4 nitrogen and oxygen atoms in total. The van der Waals surface area contributed by atoms with Crippen LogP contribution in [0.2, 0.25) is 0 Å². The van der Waals surface area contributed by atoms with Crippen molar-refractivity contribution < 1.29 is 4.74 Å². The minimum Gasteiger partial charge on any atom is -0.385 e. The van der Waals surface area contributed by atoms with Gasteiger partial charge in [-0.15, -0.1) is 10.2 Å². The molecule has 0 radical (unpaired) electrons. The summed E-state index contributed by atoms with van der Waals surface area (Å²) in [6, 6.07) is 0. The van der Waals surface area contributed by atoms with E-state index in [1.807, 2.05) is 11.6 Å². The number of halogens is 1. The van der Waals surface area contributed by atoms with Gasteiger partial charge in [0.1, 0.15) is 11.6 Å². The van der Waals surface area contributed by atoms with E-state index in [1.54, 1.807) is 7.11 Å². The zero-order valence-corrected chi connectivity index (χ0v) is 9.54. The van der Waals surface area contributed by atoms with E-state index in [0.29, 0.717) is 0 Å². The predicted octanol–water partition coefficient (Wildman–Crippen LogP) is 1.29. The van der Waals surface area contributed by atoms with Gasteiger partial charge in [0, 0.05) is 27.2 Å². The zero-order valence-electron chi connectivity index (χ0n) is 7.96. The minimum absolute atomic E-state index is 0.751. The number of methoxy groups -OCH3 is 1. The number of hydrogen-bond donors (Lipinski definition) is 0. The molecule has 0 unspecified atom stereocenters. The highest BCUT2D eigenvalue weighted by atomic mass is 79.9. The monoisotopic (exact) mass is 247 g/mol. The minimum atomic E-state index is 0.751. The molecule has 0 aromatic carbocycles. The molecule has 0 aliphatic heterocycles. The first kappa shape index (κ1) is 10.7. The lowest BCUT2D eigenvalue weighted by Gasteiger charge is -2.01. The summed E-state index contributed by atoms with van der Waals surface area (Å²) in [7, 11) is 3.69. The van der Waals surface area contributed by atoms with E-state index in [2.05, 4.69) is 26.1 Å². The van der Waals surface area contributed by atoms with Crippen molar-refractivity contribution >= 4 is 15.9 Å². The summed E-state index contributed by atoms with van der Waals surface area (Å²) in [6.45, 7) is 0.774. The second-order valence-corrected chi connectivity index (χ2v) is 3.38. The molecule has 13 heavy (non-hydrogen) atoms. The number of aryl methyl sites for hydroxylation is 1. The van der Waals surface area contributed by atoms with Crippen molar-refractivity contribution in [2.75, 3.05) is 13.7 Å². The maximum Gasteiger partial charge on any atom is 0.143 e. The Bertz CT molecular complexity index is 262. The number of alkyl halides is 1. The molecule has 0 atom stereocenters. The zero-order chi connectivity index (χ0) is 9.68. The van der Waals surface area contributed by atoms with Gasteiger partial charge in [0.05, 0.1) is 5.33 Å². The highest BCUT2D eigenvalue weighted by Crippen LogP contribution is 2.05. The normalized spacial score (nSPS) is 10.7. The summed E-state index contributed by atoms with van der Waals surface area (Å²) in [6.07, 6.45) is 1.91. The number of rotatable bonds is 5. The fraction of sp³-hybridized carbons (Fsp3) is 0.750. The summed E-state index contributed by atoms with van der Waals surface area (Å²) in [5.74, 6) is 1.99. The second kappa shape index (κ2) is 5.34. The highest BCUT2D eigenvalue weighted by Gasteiger charge is 2.05. The van der Waals surface area contributed by atoms with Crippen molar-refractivity contribution in [3.63, 3.8) is 0 Å². The molecule has 0 bridgehead atoms. The van der Waals surface area contributed by atoms with Crippen LogP contribution in [-0.2, 0) is 23.5 Å². The van der Waals surface area contributed by atoms with E-state index in [-0.39, 0.29) is 0 Å². The van der Waals surface area contributed by atoms with Crippen LogP contribution in [-0.4, -0.2) is 28.5 Å². The summed E-state index contributed by atoms with van der Waals surface area (Å²) in [5, 5.41) is 8.87. The molecule has 1 heterocycles. The molecule has 74 valence electrons. The van der Waals surface area contributed by atoms with E-state index < -0.39 is 0 Å². The van der Waals surface area contributed by atoms with Crippen LogP contribution < -0.4 is 0 Å². The fourth-order valence-electron chi connectivity index (χ4n) is 1.11. The second-order valence-electron chi connectivity index (χ2n) is 2.82. The maximum absolute atomic E-state index is 4.97. The Balaban J connectivity index is 2.51. The topological polar surface area (TPSA) is 39.9 Å². The van der Waals surface area contributed by atoms with E-state index in [1.165, 1.54) is 0 Å². The van der Waals surface area contributed by atoms with Crippen molar-refractivity contribution in [1.29, 1.82) is 0 Å². The quantitative estimate of drug-likeness (QED) is 0.582. The molecule has 0 saturated carbocycles. The standard InChI is InChI=1S/C8H14BrN3O/c1-12-7(4-3-5-13-2)10-11-8(12)6-9/h3-6H2,1-2H3. The van der Waals surface area contributed by atoms with Gasteiger partial charge in [0.2, 0.25) is 0 Å². The maximum atomic E-state index is 4.97. The number of aromatic nitrogens is 3. The Hall–Kier alpha value is -0.420. The third-order valence-electron chi connectivity index (χ3n) is 1.92. The van der Waals surface area contributed by atoms with Gasteiger partial charge in [0.25, 0.3) is 0 Å². The number of nitrogens with zero attached hydrogens (tertiary/aromatic N) is 3. The van der Waals surface area contributed by atoms with E-state index in [0.717, 1.165) is 36.4 Å². The van der Waals surface area contributed by atoms with Gasteiger partial charge in [-0.1, -0.05) is 15.9 Å². The van der Waals surface area contributed by atoms with Crippen LogP contribution in [0.4, 0.5) is 0 Å². The molecule has 0 spiro atoms. The van der Waals surface area contributed by atoms with Gasteiger partial charge in [0.15, 0.2) is 0 Å². The first-order chi connectivity index (χ1) is 6.29. The molecule has 0 fully saturated rings. The van der Waals surface area contributed by atoms with E-state index >= 15 is 0 Å². The molecule has 1 aromatic rings. The Labute approximate surface area is 86.4 Å². The van der Waals surface area contributed by atoms with Gasteiger partial charge < -0.3 is 9.30 Å². The third-order valence-corrected chi connectivity index (χ3v) is 2.43. The average molecular weight is 248 g/mol. The molecule has 1 aromatic heterocycles. The third kappa shape index (κ3) is 2.77. The Kier molecular flexibility index (Phi) is 4.38. The molecular formula is C8H14BrN3O. The molecular weight excluding hydrogens is 234 g/mol. The molecule has 0 N–H and O–H groups in total. The Morgan fingerprint density at radius 3 is 2.62 bits per heavy atom. The molecule has 5 heteroatoms. The van der Waals surface area contributed by atoms with Crippen LogP contribution in [0.3, 0.4) is 0 Å². The summed E-state index contributed by atoms with van der Waals surface area (Å²) >= 11 is 3.36. The average Bonchev–Trinajstić information content (AvgIpc) is 2.48. The van der Waals surface area contributed by atoms with Crippen LogP contribution in [0.5, 0.6) is 0 Å². The van der Waals surface area contributed by atoms with Gasteiger partial charge in [-0.25, -0.2) is 0 Å². The van der Waals surface area contributed by atoms with E-state index in [9.17, 15) is 0 Å². The van der Waals surface area contributed by atoms with Gasteiger partial charge >= 0.3 is 0 Å². The van der Waals surface area contributed by atoms with Crippen LogP contribution in [0.25, 0.3) is 0 Å². The first-order valence-corrected chi connectivity index (χ1v) is 5.33. The van der Waals surface area contributed by atoms with Crippen LogP contribution >= 0.6 is 15.9 Å². The summed E-state index contributed by atoms with van der Waals surface area (Å²) < 4.78 is 6.99. The predicted molar refractivity (Wildman–Crippen MR) is 53.8 cm³/mol. The Morgan fingerprint density at radius 2 is 2.08 bits per heavy atom. The largest absolute Gasteiger partial charge is 0.385 e. The lowest BCUT2D eigenvalue weighted by Crippen LogP contribution is -2.02. The fourth-order valence-corrected chi connectivity index (χ4v) is 1.60. The van der Waals surface area contributed by atoms with Crippen molar-refractivity contribution in [3.05, 3.63) is 11.6 Å². The van der Waals surface area contributed by atoms with Crippen LogP contribution in [0.15, 0.2) is 0 Å². The molecule has 0 aliphatic carbocycles. The highest BCUT2D eigenvalue weighted by molar-refractivity contribution is 9.08. The molecule has 0 aliphatic rings. The van der Waals surface area contributed by atoms with Gasteiger partial charge in [-0.3, -0.25) is 0 Å². The molecule has 0 amide bonds. The van der Waals surface area contributed by atoms with Gasteiger partial charge in [-0.05, 0) is 6.42 Å². The van der Waals surface area contributed by atoms with E-state index in [4.69, 9.17) is 4.74 Å². The first-order valence-electron chi connectivity index (χ1n) is 4.21. The molecule has 1 rings (SSSR count). The van der Waals surface area contributed by atoms with Crippen molar-refractivity contribution in [3.8, 4) is 0 Å². The van der Waals surface area contributed by atoms with Gasteiger partial charge in [-0.2, -0.15) is 0 Å². The summed E-state index contributed by atoms with van der Waals surface area (Å²) in [5.41, 5.74) is 0. The smallest absolute Gasteiger partial charge is 0.143 e. The van der Waals surface area contributed by atoms with Crippen molar-refractivity contribution in [2.24, 2.45) is 7.05 Å². The SMILES string of the molecule is COCCCc1nnc(CBr)n1C.